The molecule has 0 spiro atoms. The van der Waals surface area contributed by atoms with Crippen LogP contribution in [0, 0.1) is 0 Å². The van der Waals surface area contributed by atoms with Crippen molar-refractivity contribution in [2.45, 2.75) is 44.3 Å². The third kappa shape index (κ3) is 4.57. The summed E-state index contributed by atoms with van der Waals surface area (Å²) >= 11 is 0. The van der Waals surface area contributed by atoms with Crippen LogP contribution in [0.15, 0.2) is 12.2 Å². The normalized spacial score (nSPS) is 16.1. The van der Waals surface area contributed by atoms with Crippen molar-refractivity contribution in [2.24, 2.45) is 0 Å². The second kappa shape index (κ2) is 6.41. The molecule has 22 heavy (non-hydrogen) atoms. The SMILES string of the molecule is C=C(C)C(=O)OCC(F)(F)C(O)(OC(F)(F)CC)C(F)(F)F. The predicted molar refractivity (Wildman–Crippen MR) is 58.0 cm³/mol. The molecule has 0 aliphatic rings. The number of hydrogen-bond acceptors (Lipinski definition) is 4. The summed E-state index contributed by atoms with van der Waals surface area (Å²) < 4.78 is 97.4. The average Bonchev–Trinajstić information content (AvgIpc) is 2.33. The number of carbonyl (C=O) groups is 1. The Labute approximate surface area is 120 Å². The Balaban J connectivity index is 5.50. The molecule has 4 nitrogen and oxygen atoms in total. The second-order valence-corrected chi connectivity index (χ2v) is 4.30. The Kier molecular flexibility index (Phi) is 6.01. The van der Waals surface area contributed by atoms with Crippen molar-refractivity contribution in [1.82, 2.24) is 0 Å². The molecule has 0 fully saturated rings. The molecule has 0 saturated carbocycles. The van der Waals surface area contributed by atoms with Gasteiger partial charge in [-0.15, -0.1) is 0 Å². The van der Waals surface area contributed by atoms with Crippen LogP contribution < -0.4 is 0 Å². The molecular weight excluding hydrogens is 329 g/mol. The van der Waals surface area contributed by atoms with Crippen LogP contribution in [0.3, 0.4) is 0 Å². The van der Waals surface area contributed by atoms with E-state index in [4.69, 9.17) is 5.11 Å². The van der Waals surface area contributed by atoms with Crippen molar-refractivity contribution in [3.05, 3.63) is 12.2 Å². The van der Waals surface area contributed by atoms with E-state index in [1.807, 2.05) is 0 Å². The summed E-state index contributed by atoms with van der Waals surface area (Å²) in [6, 6.07) is 0. The molecule has 0 amide bonds. The van der Waals surface area contributed by atoms with Gasteiger partial charge in [0.05, 0.1) is 0 Å². The van der Waals surface area contributed by atoms with Crippen LogP contribution in [0.1, 0.15) is 20.3 Å². The Morgan fingerprint density at radius 2 is 1.59 bits per heavy atom. The summed E-state index contributed by atoms with van der Waals surface area (Å²) in [6.45, 7) is 2.31. The molecule has 1 N–H and O–H groups in total. The quantitative estimate of drug-likeness (QED) is 0.334. The number of carbonyl (C=O) groups excluding carboxylic acids is 1. The maximum absolute atomic E-state index is 13.5. The van der Waals surface area contributed by atoms with Crippen LogP contribution in [-0.2, 0) is 14.3 Å². The van der Waals surface area contributed by atoms with Gasteiger partial charge in [-0.2, -0.15) is 30.7 Å². The van der Waals surface area contributed by atoms with Crippen molar-refractivity contribution in [3.63, 3.8) is 0 Å². The highest BCUT2D eigenvalue weighted by atomic mass is 19.4. The molecule has 0 aromatic rings. The average molecular weight is 342 g/mol. The monoisotopic (exact) mass is 342 g/mol. The Bertz CT molecular complexity index is 433. The minimum Gasteiger partial charge on any atom is -0.456 e. The highest BCUT2D eigenvalue weighted by Crippen LogP contribution is 2.46. The van der Waals surface area contributed by atoms with Gasteiger partial charge in [-0.25, -0.2) is 4.79 Å². The van der Waals surface area contributed by atoms with E-state index in [1.54, 1.807) is 0 Å². The Morgan fingerprint density at radius 3 is 1.91 bits per heavy atom. The van der Waals surface area contributed by atoms with Crippen LogP contribution in [-0.4, -0.2) is 41.7 Å². The molecule has 0 bridgehead atoms. The molecule has 0 heterocycles. The first-order valence-electron chi connectivity index (χ1n) is 5.67. The molecule has 1 unspecified atom stereocenters. The van der Waals surface area contributed by atoms with Crippen molar-refractivity contribution in [3.8, 4) is 0 Å². The van der Waals surface area contributed by atoms with Crippen LogP contribution >= 0.6 is 0 Å². The van der Waals surface area contributed by atoms with Crippen molar-refractivity contribution < 1.29 is 50.1 Å². The molecule has 0 rings (SSSR count). The number of aliphatic hydroxyl groups is 1. The van der Waals surface area contributed by atoms with E-state index in [0.717, 1.165) is 6.92 Å². The molecule has 0 aliphatic heterocycles. The molecular formula is C11H13F7O4. The Morgan fingerprint density at radius 1 is 1.14 bits per heavy atom. The van der Waals surface area contributed by atoms with Gasteiger partial charge >= 0.3 is 30.0 Å². The summed E-state index contributed by atoms with van der Waals surface area (Å²) in [4.78, 5) is 10.9. The van der Waals surface area contributed by atoms with Gasteiger partial charge in [0.15, 0.2) is 6.61 Å². The largest absolute Gasteiger partial charge is 0.456 e. The fourth-order valence-electron chi connectivity index (χ4n) is 1.01. The first-order valence-corrected chi connectivity index (χ1v) is 5.67. The fraction of sp³-hybridized carbons (Fsp3) is 0.727. The Hall–Kier alpha value is -1.36. The standard InChI is InChI=1S/C11H13F7O4/c1-4-9(14,15)22-10(20,11(16,17)18)8(12,13)5-21-7(19)6(2)3/h20H,2,4-5H2,1,3H3. The number of rotatable bonds is 7. The summed E-state index contributed by atoms with van der Waals surface area (Å²) in [6.07, 6.45) is -12.4. The van der Waals surface area contributed by atoms with Crippen molar-refractivity contribution in [1.29, 1.82) is 0 Å². The maximum atomic E-state index is 13.5. The highest BCUT2D eigenvalue weighted by Gasteiger charge is 2.74. The van der Waals surface area contributed by atoms with Gasteiger partial charge < -0.3 is 9.84 Å². The topological polar surface area (TPSA) is 55.8 Å². The van der Waals surface area contributed by atoms with Gasteiger partial charge in [0.25, 0.3) is 0 Å². The number of alkyl halides is 7. The van der Waals surface area contributed by atoms with Gasteiger partial charge in [0, 0.05) is 12.0 Å². The van der Waals surface area contributed by atoms with E-state index >= 15 is 0 Å². The second-order valence-electron chi connectivity index (χ2n) is 4.30. The third-order valence-electron chi connectivity index (χ3n) is 2.32. The van der Waals surface area contributed by atoms with E-state index in [9.17, 15) is 35.5 Å². The van der Waals surface area contributed by atoms with E-state index in [2.05, 4.69) is 16.1 Å². The van der Waals surface area contributed by atoms with E-state index < -0.39 is 48.6 Å². The lowest BCUT2D eigenvalue weighted by molar-refractivity contribution is -0.485. The molecule has 0 aliphatic carbocycles. The highest BCUT2D eigenvalue weighted by molar-refractivity contribution is 5.86. The summed E-state index contributed by atoms with van der Waals surface area (Å²) in [5, 5.41) is 9.00. The van der Waals surface area contributed by atoms with E-state index in [1.165, 1.54) is 0 Å². The lowest BCUT2D eigenvalue weighted by atomic mass is 10.1. The molecule has 0 aromatic carbocycles. The van der Waals surface area contributed by atoms with Crippen molar-refractivity contribution in [2.75, 3.05) is 6.61 Å². The zero-order valence-corrected chi connectivity index (χ0v) is 11.4. The van der Waals surface area contributed by atoms with Gasteiger partial charge in [0.1, 0.15) is 0 Å². The van der Waals surface area contributed by atoms with Gasteiger partial charge in [-0.3, -0.25) is 4.74 Å². The van der Waals surface area contributed by atoms with Gasteiger partial charge in [0.2, 0.25) is 0 Å². The van der Waals surface area contributed by atoms with Crippen molar-refractivity contribution >= 4 is 5.97 Å². The molecule has 0 saturated heterocycles. The van der Waals surface area contributed by atoms with Crippen LogP contribution in [0.2, 0.25) is 0 Å². The summed E-state index contributed by atoms with van der Waals surface area (Å²) in [5.74, 6) is -12.4. The minimum atomic E-state index is -6.29. The molecule has 130 valence electrons. The number of esters is 1. The zero-order chi connectivity index (χ0) is 18.0. The third-order valence-corrected chi connectivity index (χ3v) is 2.32. The number of halogens is 7. The number of ether oxygens (including phenoxy) is 2. The zero-order valence-electron chi connectivity index (χ0n) is 11.4. The summed E-state index contributed by atoms with van der Waals surface area (Å²) in [7, 11) is 0. The molecule has 0 aromatic heterocycles. The van der Waals surface area contributed by atoms with Crippen LogP contribution in [0.4, 0.5) is 30.7 Å². The smallest absolute Gasteiger partial charge is 0.450 e. The lowest BCUT2D eigenvalue weighted by Gasteiger charge is -2.38. The van der Waals surface area contributed by atoms with Gasteiger partial charge in [-0.05, 0) is 6.92 Å². The van der Waals surface area contributed by atoms with Gasteiger partial charge in [-0.1, -0.05) is 13.5 Å². The molecule has 0 radical (unpaired) electrons. The number of hydrogen-bond donors (Lipinski definition) is 1. The van der Waals surface area contributed by atoms with E-state index in [0.29, 0.717) is 6.92 Å². The molecule has 11 heteroatoms. The predicted octanol–water partition coefficient (Wildman–Crippen LogP) is 3.01. The lowest BCUT2D eigenvalue weighted by Crippen LogP contribution is -2.64. The van der Waals surface area contributed by atoms with E-state index in [-0.39, 0.29) is 0 Å². The van der Waals surface area contributed by atoms with Crippen LogP contribution in [0.25, 0.3) is 0 Å². The first kappa shape index (κ1) is 20.6. The van der Waals surface area contributed by atoms with Crippen LogP contribution in [0.5, 0.6) is 0 Å². The first-order chi connectivity index (χ1) is 9.59. The maximum Gasteiger partial charge on any atom is 0.450 e. The fourth-order valence-corrected chi connectivity index (χ4v) is 1.01. The minimum absolute atomic E-state index is 0.425. The summed E-state index contributed by atoms with van der Waals surface area (Å²) in [5.41, 5.74) is -0.425. The molecule has 1 atom stereocenters.